The smallest absolute Gasteiger partial charge is 0.147 e. The lowest BCUT2D eigenvalue weighted by Crippen LogP contribution is -2.00. The number of rotatable bonds is 5. The van der Waals surface area contributed by atoms with Crippen LogP contribution < -0.4 is 0 Å². The van der Waals surface area contributed by atoms with Gasteiger partial charge in [-0.1, -0.05) is 29.8 Å². The number of aliphatic hydroxyl groups is 1. The summed E-state index contributed by atoms with van der Waals surface area (Å²) in [5.41, 5.74) is 0.270. The van der Waals surface area contributed by atoms with Crippen LogP contribution in [0.1, 0.15) is 30.9 Å². The molecule has 3 heteroatoms. The zero-order valence-corrected chi connectivity index (χ0v) is 9.17. The summed E-state index contributed by atoms with van der Waals surface area (Å²) in [6, 6.07) is 4.66. The molecule has 0 aliphatic rings. The van der Waals surface area contributed by atoms with Gasteiger partial charge in [-0.15, -0.1) is 6.58 Å². The van der Waals surface area contributed by atoms with Gasteiger partial charge in [0.15, 0.2) is 0 Å². The minimum Gasteiger partial charge on any atom is -0.388 e. The maximum atomic E-state index is 13.4. The van der Waals surface area contributed by atoms with Crippen molar-refractivity contribution in [1.29, 1.82) is 0 Å². The van der Waals surface area contributed by atoms with Crippen molar-refractivity contribution in [3.63, 3.8) is 0 Å². The molecule has 0 aliphatic heterocycles. The van der Waals surface area contributed by atoms with Crippen LogP contribution in [0, 0.1) is 5.82 Å². The molecule has 0 aliphatic carbocycles. The first kappa shape index (κ1) is 12.2. The van der Waals surface area contributed by atoms with Crippen molar-refractivity contribution in [3.8, 4) is 0 Å². The third-order valence-corrected chi connectivity index (χ3v) is 2.52. The van der Waals surface area contributed by atoms with Crippen LogP contribution in [-0.4, -0.2) is 5.11 Å². The largest absolute Gasteiger partial charge is 0.388 e. The molecular weight excluding hydrogens is 215 g/mol. The summed E-state index contributed by atoms with van der Waals surface area (Å²) in [5.74, 6) is -0.523. The molecule has 15 heavy (non-hydrogen) atoms. The number of unbranched alkanes of at least 4 members (excludes halogenated alkanes) is 1. The van der Waals surface area contributed by atoms with E-state index in [2.05, 4.69) is 6.58 Å². The third kappa shape index (κ3) is 3.33. The molecule has 0 bridgehead atoms. The average Bonchev–Trinajstić information content (AvgIpc) is 2.22. The van der Waals surface area contributed by atoms with E-state index in [4.69, 9.17) is 11.6 Å². The fraction of sp³-hybridized carbons (Fsp3) is 0.333. The number of halogens is 2. The van der Waals surface area contributed by atoms with Gasteiger partial charge < -0.3 is 5.11 Å². The Morgan fingerprint density at radius 2 is 2.27 bits per heavy atom. The van der Waals surface area contributed by atoms with Crippen molar-refractivity contribution >= 4 is 11.6 Å². The van der Waals surface area contributed by atoms with Crippen LogP contribution in [0.25, 0.3) is 0 Å². The quantitative estimate of drug-likeness (QED) is 0.599. The molecule has 0 heterocycles. The highest BCUT2D eigenvalue weighted by molar-refractivity contribution is 6.30. The maximum absolute atomic E-state index is 13.4. The fourth-order valence-electron chi connectivity index (χ4n) is 1.39. The van der Waals surface area contributed by atoms with E-state index in [1.165, 1.54) is 6.07 Å². The highest BCUT2D eigenvalue weighted by atomic mass is 35.5. The summed E-state index contributed by atoms with van der Waals surface area (Å²) in [6.07, 6.45) is 3.11. The predicted octanol–water partition coefficient (Wildman–Crippen LogP) is 3.87. The maximum Gasteiger partial charge on any atom is 0.147 e. The van der Waals surface area contributed by atoms with Crippen LogP contribution >= 0.6 is 11.6 Å². The third-order valence-electron chi connectivity index (χ3n) is 2.23. The minimum atomic E-state index is -0.788. The number of aliphatic hydroxyl groups excluding tert-OH is 1. The molecule has 1 aromatic carbocycles. The first-order valence-electron chi connectivity index (χ1n) is 4.89. The Bertz CT molecular complexity index is 338. The number of hydrogen-bond donors (Lipinski definition) is 1. The molecule has 0 radical (unpaired) electrons. The molecule has 1 rings (SSSR count). The van der Waals surface area contributed by atoms with Crippen LogP contribution in [0.5, 0.6) is 0 Å². The average molecular weight is 229 g/mol. The zero-order valence-electron chi connectivity index (χ0n) is 8.42. The molecule has 1 nitrogen and oxygen atoms in total. The molecule has 0 amide bonds. The topological polar surface area (TPSA) is 20.2 Å². The Balaban J connectivity index is 2.68. The van der Waals surface area contributed by atoms with E-state index in [0.717, 1.165) is 12.8 Å². The highest BCUT2D eigenvalue weighted by Crippen LogP contribution is 2.26. The van der Waals surface area contributed by atoms with Crippen LogP contribution in [0.2, 0.25) is 5.02 Å². The van der Waals surface area contributed by atoms with Crippen LogP contribution in [-0.2, 0) is 0 Å². The monoisotopic (exact) mass is 228 g/mol. The van der Waals surface area contributed by atoms with Gasteiger partial charge in [-0.2, -0.15) is 0 Å². The summed E-state index contributed by atoms with van der Waals surface area (Å²) in [6.45, 7) is 3.59. The second-order valence-corrected chi connectivity index (χ2v) is 3.79. The molecule has 1 aromatic rings. The Hall–Kier alpha value is -0.860. The summed E-state index contributed by atoms with van der Waals surface area (Å²) in [7, 11) is 0. The van der Waals surface area contributed by atoms with Gasteiger partial charge in [-0.3, -0.25) is 0 Å². The molecule has 82 valence electrons. The zero-order chi connectivity index (χ0) is 11.3. The van der Waals surface area contributed by atoms with Gasteiger partial charge >= 0.3 is 0 Å². The Morgan fingerprint density at radius 1 is 1.53 bits per heavy atom. The Labute approximate surface area is 94.2 Å². The Morgan fingerprint density at radius 3 is 2.93 bits per heavy atom. The van der Waals surface area contributed by atoms with Crippen molar-refractivity contribution in [2.75, 3.05) is 0 Å². The summed E-state index contributed by atoms with van der Waals surface area (Å²) in [4.78, 5) is 0. The van der Waals surface area contributed by atoms with Crippen LogP contribution in [0.15, 0.2) is 30.9 Å². The molecule has 0 spiro atoms. The number of allylic oxidation sites excluding steroid dienone is 1. The second kappa shape index (κ2) is 5.89. The molecule has 0 aromatic heterocycles. The normalized spacial score (nSPS) is 12.5. The van der Waals surface area contributed by atoms with Gasteiger partial charge in [-0.25, -0.2) is 4.39 Å². The van der Waals surface area contributed by atoms with Crippen LogP contribution in [0.3, 0.4) is 0 Å². The van der Waals surface area contributed by atoms with Gasteiger partial charge in [0, 0.05) is 5.56 Å². The van der Waals surface area contributed by atoms with Crippen molar-refractivity contribution in [1.82, 2.24) is 0 Å². The van der Waals surface area contributed by atoms with E-state index in [0.29, 0.717) is 6.42 Å². The molecule has 0 fully saturated rings. The molecule has 0 saturated carbocycles. The Kier molecular flexibility index (Phi) is 4.79. The van der Waals surface area contributed by atoms with E-state index < -0.39 is 11.9 Å². The van der Waals surface area contributed by atoms with Gasteiger partial charge in [0.05, 0.1) is 11.1 Å². The number of hydrogen-bond acceptors (Lipinski definition) is 1. The van der Waals surface area contributed by atoms with E-state index >= 15 is 0 Å². The molecular formula is C12H14ClFO. The van der Waals surface area contributed by atoms with E-state index in [1.807, 2.05) is 0 Å². The van der Waals surface area contributed by atoms with Gasteiger partial charge in [-0.05, 0) is 25.3 Å². The summed E-state index contributed by atoms with van der Waals surface area (Å²) >= 11 is 5.62. The van der Waals surface area contributed by atoms with Crippen molar-refractivity contribution in [2.24, 2.45) is 0 Å². The second-order valence-electron chi connectivity index (χ2n) is 3.38. The first-order valence-corrected chi connectivity index (χ1v) is 5.27. The molecule has 1 atom stereocenters. The molecule has 0 saturated heterocycles. The van der Waals surface area contributed by atoms with Crippen molar-refractivity contribution in [3.05, 3.63) is 47.3 Å². The van der Waals surface area contributed by atoms with Gasteiger partial charge in [0.2, 0.25) is 0 Å². The molecule has 1 unspecified atom stereocenters. The van der Waals surface area contributed by atoms with Crippen LogP contribution in [0.4, 0.5) is 4.39 Å². The first-order chi connectivity index (χ1) is 7.16. The fourth-order valence-corrected chi connectivity index (χ4v) is 1.57. The number of benzene rings is 1. The summed E-state index contributed by atoms with van der Waals surface area (Å²) in [5, 5.41) is 9.77. The van der Waals surface area contributed by atoms with Gasteiger partial charge in [0.1, 0.15) is 5.82 Å². The van der Waals surface area contributed by atoms with Crippen molar-refractivity contribution in [2.45, 2.75) is 25.4 Å². The lowest BCUT2D eigenvalue weighted by atomic mass is 10.0. The van der Waals surface area contributed by atoms with Crippen molar-refractivity contribution < 1.29 is 9.50 Å². The summed E-state index contributed by atoms with van der Waals surface area (Å²) < 4.78 is 13.4. The lowest BCUT2D eigenvalue weighted by molar-refractivity contribution is 0.160. The SMILES string of the molecule is C=CCCCC(O)c1cccc(Cl)c1F. The lowest BCUT2D eigenvalue weighted by Gasteiger charge is -2.11. The minimum absolute atomic E-state index is 0.0512. The van der Waals surface area contributed by atoms with Gasteiger partial charge in [0.25, 0.3) is 0 Å². The predicted molar refractivity (Wildman–Crippen MR) is 60.4 cm³/mol. The molecule has 1 N–H and O–H groups in total. The van der Waals surface area contributed by atoms with E-state index in [1.54, 1.807) is 18.2 Å². The highest BCUT2D eigenvalue weighted by Gasteiger charge is 2.13. The van der Waals surface area contributed by atoms with E-state index in [9.17, 15) is 9.50 Å². The standard InChI is InChI=1S/C12H14ClFO/c1-2-3-4-8-11(15)9-6-5-7-10(13)12(9)14/h2,5-7,11,15H,1,3-4,8H2. The van der Waals surface area contributed by atoms with E-state index in [-0.39, 0.29) is 10.6 Å².